The van der Waals surface area contributed by atoms with Crippen LogP contribution >= 0.6 is 0 Å². The Balaban J connectivity index is 2.00. The number of amides is 1. The van der Waals surface area contributed by atoms with Gasteiger partial charge >= 0.3 is 0 Å². The molecule has 1 N–H and O–H groups in total. The average molecular weight is 286 g/mol. The van der Waals surface area contributed by atoms with E-state index < -0.39 is 5.54 Å². The van der Waals surface area contributed by atoms with Crippen LogP contribution < -0.4 is 5.32 Å². The fourth-order valence-electron chi connectivity index (χ4n) is 3.48. The Hall–Kier alpha value is -1.35. The molecule has 0 radical (unpaired) electrons. The van der Waals surface area contributed by atoms with Gasteiger partial charge in [0.2, 0.25) is 5.91 Å². The van der Waals surface area contributed by atoms with E-state index >= 15 is 0 Å². The molecule has 1 aromatic rings. The van der Waals surface area contributed by atoms with Crippen LogP contribution in [0.2, 0.25) is 0 Å². The van der Waals surface area contributed by atoms with Crippen molar-refractivity contribution in [1.29, 1.82) is 0 Å². The molecular weight excluding hydrogens is 260 g/mol. The Bertz CT molecular complexity index is 583. The van der Waals surface area contributed by atoms with Gasteiger partial charge < -0.3 is 4.90 Å². The summed E-state index contributed by atoms with van der Waals surface area (Å²) >= 11 is 0. The molecule has 3 nitrogen and oxygen atoms in total. The van der Waals surface area contributed by atoms with Crippen molar-refractivity contribution in [1.82, 2.24) is 10.2 Å². The molecule has 1 heterocycles. The molecular formula is C18H26N2O. The van der Waals surface area contributed by atoms with E-state index in [-0.39, 0.29) is 12.1 Å². The molecule has 3 heteroatoms. The van der Waals surface area contributed by atoms with Crippen LogP contribution in [-0.4, -0.2) is 22.4 Å². The van der Waals surface area contributed by atoms with Gasteiger partial charge in [0.15, 0.2) is 0 Å². The van der Waals surface area contributed by atoms with Crippen molar-refractivity contribution in [3.63, 3.8) is 0 Å². The van der Waals surface area contributed by atoms with Crippen LogP contribution in [0.15, 0.2) is 18.2 Å². The van der Waals surface area contributed by atoms with Crippen LogP contribution in [-0.2, 0) is 4.79 Å². The summed E-state index contributed by atoms with van der Waals surface area (Å²) < 4.78 is 0. The van der Waals surface area contributed by atoms with Crippen LogP contribution in [0, 0.1) is 19.8 Å². The number of nitrogens with one attached hydrogen (secondary N) is 1. The first-order valence-corrected chi connectivity index (χ1v) is 8.05. The maximum Gasteiger partial charge on any atom is 0.244 e. The van der Waals surface area contributed by atoms with Gasteiger partial charge in [-0.25, -0.2) is 0 Å². The van der Waals surface area contributed by atoms with Gasteiger partial charge in [-0.2, -0.15) is 0 Å². The number of aryl methyl sites for hydroxylation is 2. The zero-order valence-electron chi connectivity index (χ0n) is 13.7. The van der Waals surface area contributed by atoms with Gasteiger partial charge in [0.25, 0.3) is 0 Å². The molecule has 1 aliphatic heterocycles. The maximum absolute atomic E-state index is 12.9. The first-order chi connectivity index (χ1) is 9.87. The summed E-state index contributed by atoms with van der Waals surface area (Å²) in [5.74, 6) is 0.896. The van der Waals surface area contributed by atoms with E-state index in [4.69, 9.17) is 0 Å². The summed E-state index contributed by atoms with van der Waals surface area (Å²) in [6.45, 7) is 10.6. The summed E-state index contributed by atoms with van der Waals surface area (Å²) in [5, 5.41) is 3.61. The number of hydrogen-bond acceptors (Lipinski definition) is 2. The lowest BCUT2D eigenvalue weighted by Gasteiger charge is -2.26. The van der Waals surface area contributed by atoms with E-state index in [1.165, 1.54) is 16.7 Å². The molecule has 1 aliphatic carbocycles. The number of carbonyl (C=O) groups is 1. The van der Waals surface area contributed by atoms with Crippen molar-refractivity contribution >= 4 is 5.91 Å². The van der Waals surface area contributed by atoms with E-state index in [0.29, 0.717) is 12.0 Å². The van der Waals surface area contributed by atoms with Crippen LogP contribution in [0.1, 0.15) is 56.5 Å². The third-order valence-electron chi connectivity index (χ3n) is 5.29. The Morgan fingerprint density at radius 2 is 2.05 bits per heavy atom. The molecule has 3 rings (SSSR count). The molecule has 1 saturated heterocycles. The third-order valence-corrected chi connectivity index (χ3v) is 5.29. The van der Waals surface area contributed by atoms with Crippen molar-refractivity contribution in [2.75, 3.05) is 0 Å². The van der Waals surface area contributed by atoms with Gasteiger partial charge in [0.05, 0.1) is 5.54 Å². The predicted octanol–water partition coefficient (Wildman–Crippen LogP) is 3.31. The first-order valence-electron chi connectivity index (χ1n) is 8.05. The third kappa shape index (κ3) is 2.28. The van der Waals surface area contributed by atoms with Gasteiger partial charge in [-0.05, 0) is 50.7 Å². The molecule has 21 heavy (non-hydrogen) atoms. The summed E-state index contributed by atoms with van der Waals surface area (Å²) in [6.07, 6.45) is 1.98. The predicted molar refractivity (Wildman–Crippen MR) is 84.9 cm³/mol. The molecule has 114 valence electrons. The standard InChI is InChI=1S/C18H26N2O/c1-6-18(5)17(21)20(15-10-13(15)4)16(19-18)14-8-7-11(2)9-12(14)3/h7-9,13,15-16,19H,6,10H2,1-5H3. The largest absolute Gasteiger partial charge is 0.318 e. The van der Waals surface area contributed by atoms with E-state index in [1.807, 2.05) is 6.92 Å². The average Bonchev–Trinajstić information content (AvgIpc) is 3.07. The second kappa shape index (κ2) is 4.84. The lowest BCUT2D eigenvalue weighted by molar-refractivity contribution is -0.133. The highest BCUT2D eigenvalue weighted by Gasteiger charge is 2.54. The van der Waals surface area contributed by atoms with Crippen molar-refractivity contribution in [3.05, 3.63) is 34.9 Å². The SMILES string of the molecule is CCC1(C)NC(c2ccc(C)cc2C)N(C2CC2C)C1=O. The lowest BCUT2D eigenvalue weighted by Crippen LogP contribution is -2.43. The topological polar surface area (TPSA) is 32.3 Å². The van der Waals surface area contributed by atoms with Crippen LogP contribution in [0.3, 0.4) is 0 Å². The molecule has 1 saturated carbocycles. The highest BCUT2D eigenvalue weighted by atomic mass is 16.2. The number of benzene rings is 1. The molecule has 2 fully saturated rings. The maximum atomic E-state index is 12.9. The highest BCUT2D eigenvalue weighted by molar-refractivity contribution is 5.89. The molecule has 4 atom stereocenters. The minimum Gasteiger partial charge on any atom is -0.318 e. The van der Waals surface area contributed by atoms with Crippen LogP contribution in [0.5, 0.6) is 0 Å². The van der Waals surface area contributed by atoms with Gasteiger partial charge in [0.1, 0.15) is 6.17 Å². The van der Waals surface area contributed by atoms with Crippen molar-refractivity contribution in [3.8, 4) is 0 Å². The van der Waals surface area contributed by atoms with E-state index in [0.717, 1.165) is 12.8 Å². The van der Waals surface area contributed by atoms with E-state index in [9.17, 15) is 4.79 Å². The van der Waals surface area contributed by atoms with Crippen LogP contribution in [0.25, 0.3) is 0 Å². The Morgan fingerprint density at radius 3 is 2.57 bits per heavy atom. The van der Waals surface area contributed by atoms with Crippen molar-refractivity contribution in [2.24, 2.45) is 5.92 Å². The Kier molecular flexibility index (Phi) is 3.36. The molecule has 4 unspecified atom stereocenters. The Labute approximate surface area is 127 Å². The molecule has 0 aromatic heterocycles. The summed E-state index contributed by atoms with van der Waals surface area (Å²) in [5.41, 5.74) is 3.35. The summed E-state index contributed by atoms with van der Waals surface area (Å²) in [6, 6.07) is 6.93. The highest BCUT2D eigenvalue weighted by Crippen LogP contribution is 2.45. The zero-order valence-corrected chi connectivity index (χ0v) is 13.7. The minimum atomic E-state index is -0.426. The lowest BCUT2D eigenvalue weighted by atomic mass is 9.99. The van der Waals surface area contributed by atoms with Crippen molar-refractivity contribution < 1.29 is 4.79 Å². The minimum absolute atomic E-state index is 0.0259. The van der Waals surface area contributed by atoms with Gasteiger partial charge in [0, 0.05) is 6.04 Å². The number of hydrogen-bond donors (Lipinski definition) is 1. The van der Waals surface area contributed by atoms with Gasteiger partial charge in [-0.15, -0.1) is 0 Å². The summed E-state index contributed by atoms with van der Waals surface area (Å²) in [7, 11) is 0. The number of nitrogens with zero attached hydrogens (tertiary/aromatic N) is 1. The molecule has 0 spiro atoms. The van der Waals surface area contributed by atoms with Crippen molar-refractivity contribution in [2.45, 2.75) is 65.2 Å². The smallest absolute Gasteiger partial charge is 0.244 e. The van der Waals surface area contributed by atoms with Crippen LogP contribution in [0.4, 0.5) is 0 Å². The van der Waals surface area contributed by atoms with Gasteiger partial charge in [-0.3, -0.25) is 10.1 Å². The second-order valence-corrected chi connectivity index (χ2v) is 7.09. The molecule has 0 bridgehead atoms. The Morgan fingerprint density at radius 1 is 1.38 bits per heavy atom. The van der Waals surface area contributed by atoms with Gasteiger partial charge in [-0.1, -0.05) is 37.6 Å². The zero-order chi connectivity index (χ0) is 15.4. The van der Waals surface area contributed by atoms with E-state index in [1.54, 1.807) is 0 Å². The molecule has 1 amide bonds. The molecule has 1 aromatic carbocycles. The van der Waals surface area contributed by atoms with E-state index in [2.05, 4.69) is 56.1 Å². The fourth-order valence-corrected chi connectivity index (χ4v) is 3.48. The number of rotatable bonds is 3. The quantitative estimate of drug-likeness (QED) is 0.924. The molecule has 2 aliphatic rings. The monoisotopic (exact) mass is 286 g/mol. The summed E-state index contributed by atoms with van der Waals surface area (Å²) in [4.78, 5) is 15.0. The fraction of sp³-hybridized carbons (Fsp3) is 0.611. The normalized spacial score (nSPS) is 35.4. The second-order valence-electron chi connectivity index (χ2n) is 7.09. The number of carbonyl (C=O) groups excluding carboxylic acids is 1. The first kappa shape index (κ1) is 14.6.